The van der Waals surface area contributed by atoms with Gasteiger partial charge >= 0.3 is 5.97 Å². The molecule has 2 aromatic rings. The summed E-state index contributed by atoms with van der Waals surface area (Å²) < 4.78 is 4.92. The number of aryl methyl sites for hydroxylation is 1. The zero-order chi connectivity index (χ0) is 22.5. The third-order valence-electron chi connectivity index (χ3n) is 3.96. The van der Waals surface area contributed by atoms with Crippen molar-refractivity contribution in [1.82, 2.24) is 4.98 Å². The third-order valence-corrected chi connectivity index (χ3v) is 5.49. The highest BCUT2D eigenvalue weighted by atomic mass is 35.5. The first-order valence-corrected chi connectivity index (χ1v) is 10.9. The Labute approximate surface area is 190 Å². The molecule has 1 aromatic carbocycles. The van der Waals surface area contributed by atoms with Gasteiger partial charge in [0.05, 0.1) is 28.9 Å². The zero-order valence-electron chi connectivity index (χ0n) is 17.2. The Bertz CT molecular complexity index is 961. The molecule has 0 saturated heterocycles. The number of aromatic nitrogens is 1. The van der Waals surface area contributed by atoms with Crippen molar-refractivity contribution in [1.29, 1.82) is 5.26 Å². The van der Waals surface area contributed by atoms with Gasteiger partial charge in [-0.25, -0.2) is 9.78 Å². The summed E-state index contributed by atoms with van der Waals surface area (Å²) >= 11 is 12.4. The van der Waals surface area contributed by atoms with E-state index in [1.54, 1.807) is 18.2 Å². The summed E-state index contributed by atoms with van der Waals surface area (Å²) in [6.07, 6.45) is 0.764. The quantitative estimate of drug-likeness (QED) is 0.431. The maximum absolute atomic E-state index is 13.0. The number of carbonyl (C=O) groups excluding carboxylic acids is 2. The van der Waals surface area contributed by atoms with Crippen LogP contribution in [0.2, 0.25) is 0 Å². The molecule has 160 valence electrons. The van der Waals surface area contributed by atoms with E-state index in [9.17, 15) is 9.59 Å². The van der Waals surface area contributed by atoms with Gasteiger partial charge in [0.2, 0.25) is 4.84 Å². The molecule has 2 rings (SSSR count). The van der Waals surface area contributed by atoms with Gasteiger partial charge in [-0.2, -0.15) is 5.26 Å². The summed E-state index contributed by atoms with van der Waals surface area (Å²) in [5.74, 6) is -1.32. The number of alkyl halides is 2. The second-order valence-corrected chi connectivity index (χ2v) is 10.1. The molecule has 9 heteroatoms. The third kappa shape index (κ3) is 6.98. The van der Waals surface area contributed by atoms with Crippen LogP contribution in [0, 0.1) is 23.7 Å². The molecule has 0 saturated carbocycles. The van der Waals surface area contributed by atoms with E-state index < -0.39 is 23.3 Å². The first kappa shape index (κ1) is 24.1. The number of benzene rings is 1. The van der Waals surface area contributed by atoms with Crippen molar-refractivity contribution in [3.8, 4) is 6.07 Å². The van der Waals surface area contributed by atoms with Crippen molar-refractivity contribution < 1.29 is 14.3 Å². The molecule has 0 unspecified atom stereocenters. The number of carbonyl (C=O) groups is 2. The Balaban J connectivity index is 2.34. The van der Waals surface area contributed by atoms with Gasteiger partial charge in [-0.1, -0.05) is 56.1 Å². The highest BCUT2D eigenvalue weighted by molar-refractivity contribution is 7.16. The lowest BCUT2D eigenvalue weighted by molar-refractivity contribution is -0.146. The monoisotopic (exact) mass is 467 g/mol. The van der Waals surface area contributed by atoms with Crippen LogP contribution in [0.4, 0.5) is 5.00 Å². The summed E-state index contributed by atoms with van der Waals surface area (Å²) in [5, 5.41) is 10.7. The molecule has 0 N–H and O–H groups in total. The molecule has 30 heavy (non-hydrogen) atoms. The van der Waals surface area contributed by atoms with Crippen molar-refractivity contribution in [2.75, 3.05) is 11.5 Å². The number of hydrogen-bond acceptors (Lipinski definition) is 6. The molecule has 1 aromatic heterocycles. The molecule has 0 radical (unpaired) electrons. The van der Waals surface area contributed by atoms with E-state index in [1.165, 1.54) is 16.2 Å². The van der Waals surface area contributed by atoms with Crippen LogP contribution in [-0.2, 0) is 27.3 Å². The van der Waals surface area contributed by atoms with Crippen LogP contribution in [-0.4, -0.2) is 28.3 Å². The van der Waals surface area contributed by atoms with E-state index in [2.05, 4.69) is 31.8 Å². The number of anilines is 1. The molecule has 1 heterocycles. The fraction of sp³-hybridized carbons (Fsp3) is 0.429. The van der Waals surface area contributed by atoms with Crippen LogP contribution in [0.5, 0.6) is 0 Å². The second kappa shape index (κ2) is 10.3. The maximum Gasteiger partial charge on any atom is 0.339 e. The van der Waals surface area contributed by atoms with Crippen LogP contribution in [0.25, 0.3) is 0 Å². The molecule has 0 aliphatic carbocycles. The fourth-order valence-corrected chi connectivity index (χ4v) is 4.20. The molecule has 1 amide bonds. The molecule has 0 spiro atoms. The van der Waals surface area contributed by atoms with Gasteiger partial charge in [-0.05, 0) is 30.0 Å². The number of nitrogens with zero attached hydrogens (tertiary/aromatic N) is 3. The number of esters is 1. The predicted molar refractivity (Wildman–Crippen MR) is 119 cm³/mol. The highest BCUT2D eigenvalue weighted by Gasteiger charge is 2.25. The van der Waals surface area contributed by atoms with Gasteiger partial charge in [-0.15, -0.1) is 11.3 Å². The molecule has 0 aliphatic heterocycles. The standard InChI is InChI=1S/C21H23Cl2N3O3S/c1-13-19(30-16(25-13)9-21(2,3)4)26(17(27)12-29-20(28)18(22)23)11-15-7-5-6-14(8-15)10-24/h5-8,18H,9,11-12H2,1-4H3. The summed E-state index contributed by atoms with van der Waals surface area (Å²) in [6, 6.07) is 9.08. The Kier molecular flexibility index (Phi) is 8.25. The van der Waals surface area contributed by atoms with Gasteiger partial charge in [0.15, 0.2) is 6.61 Å². The molecular weight excluding hydrogens is 445 g/mol. The lowest BCUT2D eigenvalue weighted by atomic mass is 9.93. The van der Waals surface area contributed by atoms with Gasteiger partial charge in [-0.3, -0.25) is 9.69 Å². The molecule has 0 aliphatic rings. The van der Waals surface area contributed by atoms with E-state index in [1.807, 2.05) is 13.0 Å². The van der Waals surface area contributed by atoms with E-state index >= 15 is 0 Å². The molecule has 0 bridgehead atoms. The number of ether oxygens (including phenoxy) is 1. The average Bonchev–Trinajstić information content (AvgIpc) is 3.01. The summed E-state index contributed by atoms with van der Waals surface area (Å²) in [7, 11) is 0. The SMILES string of the molecule is Cc1nc(CC(C)(C)C)sc1N(Cc1cccc(C#N)c1)C(=O)COC(=O)C(Cl)Cl. The minimum atomic E-state index is -1.36. The van der Waals surface area contributed by atoms with Crippen LogP contribution in [0.3, 0.4) is 0 Å². The summed E-state index contributed by atoms with van der Waals surface area (Å²) in [5.41, 5.74) is 2.02. The van der Waals surface area contributed by atoms with Crippen molar-refractivity contribution in [3.63, 3.8) is 0 Å². The first-order chi connectivity index (χ1) is 14.0. The normalized spacial score (nSPS) is 11.3. The van der Waals surface area contributed by atoms with Crippen LogP contribution < -0.4 is 4.90 Å². The molecule has 0 fully saturated rings. The Morgan fingerprint density at radius 2 is 2.03 bits per heavy atom. The number of thiazole rings is 1. The largest absolute Gasteiger partial charge is 0.454 e. The highest BCUT2D eigenvalue weighted by Crippen LogP contribution is 2.33. The number of hydrogen-bond donors (Lipinski definition) is 0. The molecule has 6 nitrogen and oxygen atoms in total. The fourth-order valence-electron chi connectivity index (χ4n) is 2.69. The molecular formula is C21H23Cl2N3O3S. The minimum Gasteiger partial charge on any atom is -0.454 e. The lowest BCUT2D eigenvalue weighted by Gasteiger charge is -2.22. The topological polar surface area (TPSA) is 83.3 Å². The smallest absolute Gasteiger partial charge is 0.339 e. The number of halogens is 2. The minimum absolute atomic E-state index is 0.0444. The van der Waals surface area contributed by atoms with Crippen molar-refractivity contribution in [3.05, 3.63) is 46.1 Å². The average molecular weight is 468 g/mol. The predicted octanol–water partition coefficient (Wildman–Crippen LogP) is 4.79. The molecule has 0 atom stereocenters. The summed E-state index contributed by atoms with van der Waals surface area (Å²) in [6.45, 7) is 7.90. The van der Waals surface area contributed by atoms with E-state index in [4.69, 9.17) is 33.2 Å². The van der Waals surface area contributed by atoms with E-state index in [0.717, 1.165) is 17.0 Å². The second-order valence-electron chi connectivity index (χ2n) is 7.94. The van der Waals surface area contributed by atoms with Crippen LogP contribution in [0.1, 0.15) is 42.6 Å². The Morgan fingerprint density at radius 3 is 2.63 bits per heavy atom. The van der Waals surface area contributed by atoms with Gasteiger partial charge in [0.1, 0.15) is 5.00 Å². The van der Waals surface area contributed by atoms with Crippen LogP contribution in [0.15, 0.2) is 24.3 Å². The number of nitriles is 1. The van der Waals surface area contributed by atoms with Crippen LogP contribution >= 0.6 is 34.5 Å². The van der Waals surface area contributed by atoms with Crippen molar-refractivity contribution in [2.24, 2.45) is 5.41 Å². The Hall–Kier alpha value is -2.14. The first-order valence-electron chi connectivity index (χ1n) is 9.20. The van der Waals surface area contributed by atoms with E-state index in [-0.39, 0.29) is 12.0 Å². The van der Waals surface area contributed by atoms with Gasteiger partial charge in [0, 0.05) is 6.42 Å². The lowest BCUT2D eigenvalue weighted by Crippen LogP contribution is -2.34. The summed E-state index contributed by atoms with van der Waals surface area (Å²) in [4.78, 5) is 29.3. The van der Waals surface area contributed by atoms with Crippen molar-refractivity contribution in [2.45, 2.75) is 45.5 Å². The number of rotatable bonds is 7. The maximum atomic E-state index is 13.0. The zero-order valence-corrected chi connectivity index (χ0v) is 19.6. The van der Waals surface area contributed by atoms with Gasteiger partial charge < -0.3 is 4.74 Å². The number of amides is 1. The Morgan fingerprint density at radius 1 is 1.33 bits per heavy atom. The van der Waals surface area contributed by atoms with E-state index in [0.29, 0.717) is 16.3 Å². The van der Waals surface area contributed by atoms with Gasteiger partial charge in [0.25, 0.3) is 5.91 Å². The van der Waals surface area contributed by atoms with Crippen molar-refractivity contribution >= 4 is 51.4 Å².